The lowest BCUT2D eigenvalue weighted by atomic mass is 9.32. The quantitative estimate of drug-likeness (QED) is 0.228. The van der Waals surface area contributed by atoms with E-state index in [-0.39, 0.29) is 44.6 Å². The third-order valence-electron chi connectivity index (χ3n) is 13.1. The fourth-order valence-electron chi connectivity index (χ4n) is 11.0. The van der Waals surface area contributed by atoms with Crippen molar-refractivity contribution in [2.75, 3.05) is 0 Å². The second-order valence-corrected chi connectivity index (χ2v) is 15.4. The molecule has 4 saturated carbocycles. The largest absolute Gasteiger partial charge is 0.462 e. The van der Waals surface area contributed by atoms with Crippen LogP contribution in [0.4, 0.5) is 0 Å². The molecule has 0 spiro atoms. The Morgan fingerprint density at radius 2 is 1.51 bits per heavy atom. The van der Waals surface area contributed by atoms with E-state index in [1.54, 1.807) is 6.92 Å². The van der Waals surface area contributed by atoms with Gasteiger partial charge in [0, 0.05) is 17.8 Å². The second-order valence-electron chi connectivity index (χ2n) is 15.4. The molecule has 5 aliphatic rings. The number of rotatable bonds is 2. The van der Waals surface area contributed by atoms with Crippen LogP contribution in [0.2, 0.25) is 0 Å². The maximum absolute atomic E-state index is 12.6. The highest BCUT2D eigenvalue weighted by Crippen LogP contribution is 2.76. The number of hydrogen-bond acceptors (Lipinski definition) is 3. The van der Waals surface area contributed by atoms with Gasteiger partial charge in [-0.05, 0) is 104 Å². The number of allylic oxidation sites excluding steroid dienone is 2. The summed E-state index contributed by atoms with van der Waals surface area (Å²) in [5.41, 5.74) is 2.32. The van der Waals surface area contributed by atoms with Crippen LogP contribution in [0.5, 0.6) is 0 Å². The molecule has 4 fully saturated rings. The molecule has 0 aromatic carbocycles. The van der Waals surface area contributed by atoms with Gasteiger partial charge in [0.15, 0.2) is 0 Å². The summed E-state index contributed by atoms with van der Waals surface area (Å²) in [7, 11) is 0. The van der Waals surface area contributed by atoms with Crippen molar-refractivity contribution < 1.29 is 14.3 Å². The van der Waals surface area contributed by atoms with E-state index in [0.717, 1.165) is 32.1 Å². The molecule has 0 amide bonds. The Labute approximate surface area is 214 Å². The smallest absolute Gasteiger partial charge is 0.302 e. The van der Waals surface area contributed by atoms with Crippen LogP contribution in [0, 0.1) is 50.2 Å². The van der Waals surface area contributed by atoms with E-state index >= 15 is 0 Å². The Kier molecular flexibility index (Phi) is 5.62. The van der Waals surface area contributed by atoms with Gasteiger partial charge >= 0.3 is 5.97 Å². The first kappa shape index (κ1) is 25.5. The van der Waals surface area contributed by atoms with Crippen molar-refractivity contribution >= 4 is 12.3 Å². The van der Waals surface area contributed by atoms with Crippen LogP contribution in [-0.2, 0) is 14.3 Å². The predicted octanol–water partition coefficient (Wildman–Crippen LogP) is 7.92. The van der Waals surface area contributed by atoms with Crippen molar-refractivity contribution in [2.24, 2.45) is 50.2 Å². The molecule has 196 valence electrons. The molecule has 3 heteroatoms. The first-order valence-electron chi connectivity index (χ1n) is 14.5. The monoisotopic (exact) mass is 482 g/mol. The lowest BCUT2D eigenvalue weighted by Gasteiger charge is -2.72. The van der Waals surface area contributed by atoms with Crippen molar-refractivity contribution in [1.82, 2.24) is 0 Å². The minimum absolute atomic E-state index is 0.00686. The first-order valence-corrected chi connectivity index (χ1v) is 14.5. The van der Waals surface area contributed by atoms with Gasteiger partial charge in [0.05, 0.1) is 0 Å². The molecule has 0 heterocycles. The Morgan fingerprint density at radius 3 is 2.17 bits per heavy atom. The zero-order chi connectivity index (χ0) is 25.7. The van der Waals surface area contributed by atoms with Crippen molar-refractivity contribution in [1.29, 1.82) is 0 Å². The average Bonchev–Trinajstić information content (AvgIpc) is 2.76. The molecule has 0 aliphatic heterocycles. The van der Waals surface area contributed by atoms with Crippen molar-refractivity contribution in [3.8, 4) is 0 Å². The highest BCUT2D eigenvalue weighted by Gasteiger charge is 2.69. The number of ether oxygens (including phenoxy) is 1. The zero-order valence-electron chi connectivity index (χ0n) is 23.8. The number of carbonyl (C=O) groups excluding carboxylic acids is 2. The normalized spacial score (nSPS) is 49.9. The molecule has 0 saturated heterocycles. The first-order chi connectivity index (χ1) is 16.2. The summed E-state index contributed by atoms with van der Waals surface area (Å²) < 4.78 is 5.89. The van der Waals surface area contributed by atoms with E-state index in [1.807, 2.05) is 0 Å². The van der Waals surface area contributed by atoms with Crippen molar-refractivity contribution in [3.05, 3.63) is 11.6 Å². The molecule has 5 rings (SSSR count). The number of carbonyl (C=O) groups is 2. The van der Waals surface area contributed by atoms with Gasteiger partial charge in [-0.25, -0.2) is 0 Å². The van der Waals surface area contributed by atoms with E-state index in [1.165, 1.54) is 44.0 Å². The lowest BCUT2D eigenvalue weighted by molar-refractivity contribution is -0.232. The molecule has 0 bridgehead atoms. The fraction of sp³-hybridized carbons (Fsp3) is 0.875. The van der Waals surface area contributed by atoms with Gasteiger partial charge in [-0.2, -0.15) is 0 Å². The summed E-state index contributed by atoms with van der Waals surface area (Å²) in [6.45, 7) is 18.9. The number of aldehydes is 1. The van der Waals surface area contributed by atoms with Gasteiger partial charge in [-0.3, -0.25) is 4.79 Å². The molecule has 3 nitrogen and oxygen atoms in total. The minimum atomic E-state index is -0.200. The maximum atomic E-state index is 12.6. The molecular weight excluding hydrogens is 432 g/mol. The van der Waals surface area contributed by atoms with Gasteiger partial charge in [0.1, 0.15) is 12.4 Å². The standard InChI is InChI=1S/C32H50O3/c1-21(34)35-26-12-13-29(6)24(28(26,4)5)11-14-31(8)25(29)10-9-22-23-19-27(2,3)15-17-32(23,20-33)18-16-30(22,31)7/h19-20,22,24-26H,9-18H2,1-8H3. The van der Waals surface area contributed by atoms with Crippen LogP contribution in [0.1, 0.15) is 120 Å². The third-order valence-corrected chi connectivity index (χ3v) is 13.1. The van der Waals surface area contributed by atoms with E-state index in [2.05, 4.69) is 54.5 Å². The fourth-order valence-corrected chi connectivity index (χ4v) is 11.0. The van der Waals surface area contributed by atoms with E-state index < -0.39 is 0 Å². The predicted molar refractivity (Wildman–Crippen MR) is 141 cm³/mol. The minimum Gasteiger partial charge on any atom is -0.462 e. The summed E-state index contributed by atoms with van der Waals surface area (Å²) in [4.78, 5) is 24.5. The van der Waals surface area contributed by atoms with Gasteiger partial charge in [0.2, 0.25) is 0 Å². The van der Waals surface area contributed by atoms with Crippen LogP contribution >= 0.6 is 0 Å². The molecule has 8 atom stereocenters. The number of esters is 1. The van der Waals surface area contributed by atoms with Crippen LogP contribution in [-0.4, -0.2) is 18.4 Å². The van der Waals surface area contributed by atoms with E-state index in [0.29, 0.717) is 17.8 Å². The summed E-state index contributed by atoms with van der Waals surface area (Å²) in [5, 5.41) is 0. The van der Waals surface area contributed by atoms with Crippen LogP contribution < -0.4 is 0 Å². The topological polar surface area (TPSA) is 43.4 Å². The van der Waals surface area contributed by atoms with E-state index in [9.17, 15) is 9.59 Å². The Hall–Kier alpha value is -1.12. The third kappa shape index (κ3) is 3.34. The SMILES string of the molecule is CC(=O)OC1CCC2(C)C(CCC3(C)C2CCC2C4=CC(C)(C)CCC4(C=O)CCC23C)C1(C)C. The molecule has 0 radical (unpaired) electrons. The molecule has 0 N–H and O–H groups in total. The van der Waals surface area contributed by atoms with Gasteiger partial charge in [0.25, 0.3) is 0 Å². The van der Waals surface area contributed by atoms with Crippen molar-refractivity contribution in [2.45, 2.75) is 126 Å². The Balaban J connectivity index is 1.53. The summed E-state index contributed by atoms with van der Waals surface area (Å²) in [6, 6.07) is 0. The summed E-state index contributed by atoms with van der Waals surface area (Å²) in [6.07, 6.45) is 15.4. The van der Waals surface area contributed by atoms with Crippen LogP contribution in [0.15, 0.2) is 11.6 Å². The van der Waals surface area contributed by atoms with Gasteiger partial charge in [-0.1, -0.05) is 60.1 Å². The van der Waals surface area contributed by atoms with E-state index in [4.69, 9.17) is 4.74 Å². The molecule has 35 heavy (non-hydrogen) atoms. The lowest BCUT2D eigenvalue weighted by Crippen LogP contribution is -2.66. The zero-order valence-corrected chi connectivity index (χ0v) is 23.8. The average molecular weight is 483 g/mol. The molecule has 5 aliphatic carbocycles. The van der Waals surface area contributed by atoms with Crippen LogP contribution in [0.25, 0.3) is 0 Å². The summed E-state index contributed by atoms with van der Waals surface area (Å²) in [5.74, 6) is 1.67. The Bertz CT molecular complexity index is 944. The van der Waals surface area contributed by atoms with Gasteiger partial charge < -0.3 is 9.53 Å². The number of hydrogen-bond donors (Lipinski definition) is 0. The highest BCUT2D eigenvalue weighted by atomic mass is 16.5. The van der Waals surface area contributed by atoms with Crippen molar-refractivity contribution in [3.63, 3.8) is 0 Å². The Morgan fingerprint density at radius 1 is 0.829 bits per heavy atom. The van der Waals surface area contributed by atoms with Crippen LogP contribution in [0.3, 0.4) is 0 Å². The molecule has 0 aromatic heterocycles. The molecule has 8 unspecified atom stereocenters. The summed E-state index contributed by atoms with van der Waals surface area (Å²) >= 11 is 0. The maximum Gasteiger partial charge on any atom is 0.302 e. The molecular formula is C32H50O3. The molecule has 0 aromatic rings. The number of fused-ring (bicyclic) bond motifs is 7. The highest BCUT2D eigenvalue weighted by molar-refractivity contribution is 5.67. The van der Waals surface area contributed by atoms with Gasteiger partial charge in [-0.15, -0.1) is 0 Å². The second kappa shape index (κ2) is 7.70.